The first-order chi connectivity index (χ1) is 14.9. The maximum absolute atomic E-state index is 12.8. The number of carbonyl (C=O) groups is 3. The monoisotopic (exact) mass is 496 g/mol. The van der Waals surface area contributed by atoms with Crippen LogP contribution in [0.15, 0.2) is 82.8 Å². The zero-order valence-electron chi connectivity index (χ0n) is 15.8. The number of hydrazine groups is 1. The van der Waals surface area contributed by atoms with Gasteiger partial charge < -0.3 is 4.74 Å². The van der Waals surface area contributed by atoms with E-state index in [1.54, 1.807) is 66.7 Å². The maximum Gasteiger partial charge on any atom is 0.343 e. The Morgan fingerprint density at radius 1 is 1.00 bits per heavy atom. The van der Waals surface area contributed by atoms with Crippen molar-refractivity contribution >= 4 is 57.1 Å². The summed E-state index contributed by atoms with van der Waals surface area (Å²) >= 11 is 9.22. The van der Waals surface area contributed by atoms with E-state index in [0.29, 0.717) is 26.3 Å². The number of halogens is 2. The minimum absolute atomic E-state index is 0.0780. The molecule has 2 amide bonds. The topological polar surface area (TPSA) is 75.7 Å². The highest BCUT2D eigenvalue weighted by molar-refractivity contribution is 9.10. The highest BCUT2D eigenvalue weighted by atomic mass is 79.9. The van der Waals surface area contributed by atoms with Gasteiger partial charge in [0.05, 0.1) is 11.3 Å². The van der Waals surface area contributed by atoms with Crippen molar-refractivity contribution in [1.29, 1.82) is 0 Å². The summed E-state index contributed by atoms with van der Waals surface area (Å²) in [5.41, 5.74) is 3.71. The number of nitrogens with one attached hydrogen (secondary N) is 1. The van der Waals surface area contributed by atoms with Crippen LogP contribution in [-0.2, 0) is 9.59 Å². The fraction of sp³-hybridized carbons (Fsp3) is 0. The van der Waals surface area contributed by atoms with Gasteiger partial charge >= 0.3 is 5.97 Å². The van der Waals surface area contributed by atoms with Crippen molar-refractivity contribution in [2.75, 3.05) is 5.01 Å². The summed E-state index contributed by atoms with van der Waals surface area (Å²) in [6, 6.07) is 20.0. The number of esters is 1. The summed E-state index contributed by atoms with van der Waals surface area (Å²) in [6.45, 7) is 0. The van der Waals surface area contributed by atoms with Crippen molar-refractivity contribution in [3.8, 4) is 5.75 Å². The van der Waals surface area contributed by atoms with Crippen LogP contribution in [0, 0.1) is 0 Å². The van der Waals surface area contributed by atoms with Gasteiger partial charge in [0, 0.05) is 15.1 Å². The quantitative estimate of drug-likeness (QED) is 0.244. The summed E-state index contributed by atoms with van der Waals surface area (Å²) < 4.78 is 6.21. The summed E-state index contributed by atoms with van der Waals surface area (Å²) in [5, 5.41) is 1.67. The van der Waals surface area contributed by atoms with E-state index >= 15 is 0 Å². The van der Waals surface area contributed by atoms with Crippen LogP contribution in [-0.4, -0.2) is 17.8 Å². The van der Waals surface area contributed by atoms with E-state index in [9.17, 15) is 14.4 Å². The van der Waals surface area contributed by atoms with E-state index in [2.05, 4.69) is 21.4 Å². The molecule has 1 heterocycles. The van der Waals surface area contributed by atoms with E-state index in [-0.39, 0.29) is 11.3 Å². The normalized spacial score (nSPS) is 14.6. The molecular formula is C23H14BrClN2O4. The SMILES string of the molecule is O=C1NN(c2ccccc2)C(=O)C1=Cc1cc(Br)ccc1OC(=O)c1ccc(Cl)cc1. The lowest BCUT2D eigenvalue weighted by molar-refractivity contribution is -0.117. The summed E-state index contributed by atoms with van der Waals surface area (Å²) in [5.74, 6) is -1.45. The average Bonchev–Trinajstić information content (AvgIpc) is 3.05. The van der Waals surface area contributed by atoms with Crippen molar-refractivity contribution in [2.24, 2.45) is 0 Å². The molecule has 31 heavy (non-hydrogen) atoms. The first-order valence-corrected chi connectivity index (χ1v) is 10.3. The third-order valence-corrected chi connectivity index (χ3v) is 5.21. The van der Waals surface area contributed by atoms with Crippen LogP contribution in [0.2, 0.25) is 5.02 Å². The molecule has 0 bridgehead atoms. The Bertz CT molecular complexity index is 1210. The second-order valence-corrected chi connectivity index (χ2v) is 7.91. The van der Waals surface area contributed by atoms with E-state index in [4.69, 9.17) is 16.3 Å². The van der Waals surface area contributed by atoms with E-state index < -0.39 is 17.8 Å². The third-order valence-electron chi connectivity index (χ3n) is 4.46. The van der Waals surface area contributed by atoms with Gasteiger partial charge in [-0.3, -0.25) is 15.0 Å². The highest BCUT2D eigenvalue weighted by Crippen LogP contribution is 2.29. The molecule has 0 aromatic heterocycles. The second-order valence-electron chi connectivity index (χ2n) is 6.55. The van der Waals surface area contributed by atoms with Crippen molar-refractivity contribution in [3.63, 3.8) is 0 Å². The predicted molar refractivity (Wildman–Crippen MR) is 121 cm³/mol. The maximum atomic E-state index is 12.8. The number of hydrogen-bond donors (Lipinski definition) is 1. The number of ether oxygens (including phenoxy) is 1. The number of carbonyl (C=O) groups excluding carboxylic acids is 3. The number of para-hydroxylation sites is 1. The molecule has 0 saturated carbocycles. The average molecular weight is 498 g/mol. The smallest absolute Gasteiger partial charge is 0.343 e. The van der Waals surface area contributed by atoms with E-state index in [0.717, 1.165) is 0 Å². The second kappa shape index (κ2) is 8.75. The van der Waals surface area contributed by atoms with Crippen LogP contribution in [0.4, 0.5) is 5.69 Å². The molecule has 0 spiro atoms. The molecule has 1 aliphatic rings. The molecule has 0 unspecified atom stereocenters. The molecular weight excluding hydrogens is 484 g/mol. The van der Waals surface area contributed by atoms with Gasteiger partial charge in [-0.05, 0) is 60.7 Å². The van der Waals surface area contributed by atoms with Crippen LogP contribution in [0.25, 0.3) is 6.08 Å². The molecule has 0 atom stereocenters. The van der Waals surface area contributed by atoms with Gasteiger partial charge in [-0.1, -0.05) is 45.7 Å². The van der Waals surface area contributed by atoms with Gasteiger partial charge in [0.15, 0.2) is 0 Å². The fourth-order valence-corrected chi connectivity index (χ4v) is 3.45. The number of nitrogens with zero attached hydrogens (tertiary/aromatic N) is 1. The van der Waals surface area contributed by atoms with E-state index in [1.807, 2.05) is 6.07 Å². The molecule has 0 aliphatic carbocycles. The van der Waals surface area contributed by atoms with Crippen molar-refractivity contribution in [3.05, 3.63) is 99.0 Å². The highest BCUT2D eigenvalue weighted by Gasteiger charge is 2.34. The number of amides is 2. The van der Waals surface area contributed by atoms with Crippen LogP contribution in [0.3, 0.4) is 0 Å². The van der Waals surface area contributed by atoms with Gasteiger partial charge in [-0.25, -0.2) is 9.80 Å². The van der Waals surface area contributed by atoms with Crippen molar-refractivity contribution < 1.29 is 19.1 Å². The number of benzene rings is 3. The Hall–Kier alpha value is -3.42. The Morgan fingerprint density at radius 2 is 1.71 bits per heavy atom. The minimum Gasteiger partial charge on any atom is -0.422 e. The Morgan fingerprint density at radius 3 is 2.42 bits per heavy atom. The van der Waals surface area contributed by atoms with Gasteiger partial charge in [-0.2, -0.15) is 0 Å². The molecule has 8 heteroatoms. The van der Waals surface area contributed by atoms with Gasteiger partial charge in [0.25, 0.3) is 11.8 Å². The molecule has 4 rings (SSSR count). The molecule has 3 aromatic rings. The zero-order chi connectivity index (χ0) is 22.0. The number of rotatable bonds is 4. The molecule has 1 fully saturated rings. The molecule has 154 valence electrons. The van der Waals surface area contributed by atoms with Crippen molar-refractivity contribution in [1.82, 2.24) is 5.43 Å². The lowest BCUT2D eigenvalue weighted by atomic mass is 10.1. The van der Waals surface area contributed by atoms with Crippen molar-refractivity contribution in [2.45, 2.75) is 0 Å². The first-order valence-electron chi connectivity index (χ1n) is 9.12. The van der Waals surface area contributed by atoms with E-state index in [1.165, 1.54) is 11.1 Å². The summed E-state index contributed by atoms with van der Waals surface area (Å²) in [7, 11) is 0. The Balaban J connectivity index is 1.65. The largest absolute Gasteiger partial charge is 0.422 e. The third kappa shape index (κ3) is 4.52. The van der Waals surface area contributed by atoms with Gasteiger partial charge in [-0.15, -0.1) is 0 Å². The van der Waals surface area contributed by atoms with Crippen LogP contribution in [0.1, 0.15) is 15.9 Å². The lowest BCUT2D eigenvalue weighted by Crippen LogP contribution is -2.35. The number of anilines is 1. The predicted octanol–water partition coefficient (Wildman–Crippen LogP) is 4.78. The molecule has 3 aromatic carbocycles. The van der Waals surface area contributed by atoms with Crippen LogP contribution in [0.5, 0.6) is 5.75 Å². The molecule has 1 N–H and O–H groups in total. The standard InChI is InChI=1S/C23H14BrClN2O4/c24-16-8-11-20(31-23(30)14-6-9-17(25)10-7-14)15(12-16)13-19-21(28)26-27(22(19)29)18-4-2-1-3-5-18/h1-13H,(H,26,28). The molecule has 6 nitrogen and oxygen atoms in total. The van der Waals surface area contributed by atoms with Gasteiger partial charge in [0.2, 0.25) is 0 Å². The molecule has 0 radical (unpaired) electrons. The number of hydrogen-bond acceptors (Lipinski definition) is 4. The first kappa shape index (κ1) is 20.8. The van der Waals surface area contributed by atoms with Crippen LogP contribution < -0.4 is 15.2 Å². The fourth-order valence-electron chi connectivity index (χ4n) is 2.94. The molecule has 1 aliphatic heterocycles. The summed E-state index contributed by atoms with van der Waals surface area (Å²) in [6.07, 6.45) is 1.40. The summed E-state index contributed by atoms with van der Waals surface area (Å²) in [4.78, 5) is 37.8. The lowest BCUT2D eigenvalue weighted by Gasteiger charge is -2.14. The molecule has 1 saturated heterocycles. The Labute approximate surface area is 191 Å². The Kier molecular flexibility index (Phi) is 5.88. The van der Waals surface area contributed by atoms with Gasteiger partial charge in [0.1, 0.15) is 11.3 Å². The minimum atomic E-state index is -0.591. The van der Waals surface area contributed by atoms with Crippen LogP contribution >= 0.6 is 27.5 Å². The zero-order valence-corrected chi connectivity index (χ0v) is 18.2.